The summed E-state index contributed by atoms with van der Waals surface area (Å²) in [5.74, 6) is -0.0287. The molecule has 0 spiro atoms. The lowest BCUT2D eigenvalue weighted by Gasteiger charge is -2.05. The van der Waals surface area contributed by atoms with Crippen LogP contribution in [0.25, 0.3) is 6.08 Å². The molecule has 2 rings (SSSR count). The molecule has 5 nitrogen and oxygen atoms in total. The van der Waals surface area contributed by atoms with Gasteiger partial charge in [-0.3, -0.25) is 4.79 Å². The van der Waals surface area contributed by atoms with E-state index in [0.717, 1.165) is 12.8 Å². The largest absolute Gasteiger partial charge is 0.465 e. The predicted molar refractivity (Wildman–Crippen MR) is 88.0 cm³/mol. The van der Waals surface area contributed by atoms with Crippen LogP contribution in [0.5, 0.6) is 0 Å². The second kappa shape index (κ2) is 8.58. The fraction of sp³-hybridized carbons (Fsp3) is 0.222. The van der Waals surface area contributed by atoms with Gasteiger partial charge in [-0.25, -0.2) is 4.79 Å². The fourth-order valence-corrected chi connectivity index (χ4v) is 1.81. The molecule has 0 radical (unpaired) electrons. The summed E-state index contributed by atoms with van der Waals surface area (Å²) in [5, 5.41) is 2.70. The first-order chi connectivity index (χ1) is 11.2. The maximum absolute atomic E-state index is 11.8. The van der Waals surface area contributed by atoms with Crippen molar-refractivity contribution in [3.8, 4) is 0 Å². The van der Waals surface area contributed by atoms with Gasteiger partial charge in [-0.1, -0.05) is 13.3 Å². The zero-order chi connectivity index (χ0) is 16.5. The van der Waals surface area contributed by atoms with Crippen LogP contribution in [0.4, 0.5) is 5.69 Å². The topological polar surface area (TPSA) is 68.5 Å². The van der Waals surface area contributed by atoms with Gasteiger partial charge in [-0.05, 0) is 48.9 Å². The molecule has 2 aromatic rings. The van der Waals surface area contributed by atoms with Gasteiger partial charge in [0.25, 0.3) is 0 Å². The number of esters is 1. The highest BCUT2D eigenvalue weighted by atomic mass is 16.5. The minimum atomic E-state index is -0.353. The quantitative estimate of drug-likeness (QED) is 0.478. The minimum Gasteiger partial charge on any atom is -0.465 e. The Bertz CT molecular complexity index is 657. The second-order valence-corrected chi connectivity index (χ2v) is 4.90. The third-order valence-electron chi connectivity index (χ3n) is 3.06. The van der Waals surface area contributed by atoms with Crippen molar-refractivity contribution in [2.75, 3.05) is 11.9 Å². The van der Waals surface area contributed by atoms with Crippen molar-refractivity contribution in [2.45, 2.75) is 19.8 Å². The summed E-state index contributed by atoms with van der Waals surface area (Å²) >= 11 is 0. The number of nitrogens with one attached hydrogen (secondary N) is 1. The number of amides is 1. The van der Waals surface area contributed by atoms with Gasteiger partial charge in [0.2, 0.25) is 5.91 Å². The fourth-order valence-electron chi connectivity index (χ4n) is 1.81. The Morgan fingerprint density at radius 3 is 2.65 bits per heavy atom. The van der Waals surface area contributed by atoms with E-state index in [-0.39, 0.29) is 11.9 Å². The number of furan rings is 1. The van der Waals surface area contributed by atoms with E-state index in [2.05, 4.69) is 5.32 Å². The molecule has 1 aromatic heterocycles. The van der Waals surface area contributed by atoms with Crippen LogP contribution in [0.2, 0.25) is 0 Å². The molecule has 1 amide bonds. The standard InChI is InChI=1S/C18H19NO4/c1-2-3-12-23-18(21)14-6-8-15(9-7-14)19-17(20)11-10-16-5-4-13-22-16/h4-11,13H,2-3,12H2,1H3,(H,19,20). The first-order valence-electron chi connectivity index (χ1n) is 7.49. The normalized spacial score (nSPS) is 10.7. The van der Waals surface area contributed by atoms with Crippen molar-refractivity contribution >= 4 is 23.6 Å². The van der Waals surface area contributed by atoms with Gasteiger partial charge >= 0.3 is 5.97 Å². The summed E-state index contributed by atoms with van der Waals surface area (Å²) in [6.45, 7) is 2.46. The number of unbranched alkanes of at least 4 members (excludes halogenated alkanes) is 1. The summed E-state index contributed by atoms with van der Waals surface area (Å²) in [5.41, 5.74) is 1.06. The van der Waals surface area contributed by atoms with Crippen molar-refractivity contribution in [2.24, 2.45) is 0 Å². The molecule has 1 N–H and O–H groups in total. The number of rotatable bonds is 7. The summed E-state index contributed by atoms with van der Waals surface area (Å²) in [6, 6.07) is 10.1. The van der Waals surface area contributed by atoms with E-state index in [0.29, 0.717) is 23.6 Å². The third kappa shape index (κ3) is 5.47. The molecule has 0 unspecified atom stereocenters. The molecule has 0 saturated carbocycles. The maximum atomic E-state index is 11.8. The molecule has 0 bridgehead atoms. The Balaban J connectivity index is 1.87. The highest BCUT2D eigenvalue weighted by molar-refractivity contribution is 6.02. The van der Waals surface area contributed by atoms with Crippen LogP contribution in [-0.2, 0) is 9.53 Å². The molecule has 1 heterocycles. The Kier molecular flexibility index (Phi) is 6.17. The lowest BCUT2D eigenvalue weighted by atomic mass is 10.2. The average Bonchev–Trinajstić information content (AvgIpc) is 3.07. The van der Waals surface area contributed by atoms with Crippen molar-refractivity contribution in [1.29, 1.82) is 0 Å². The second-order valence-electron chi connectivity index (χ2n) is 4.90. The van der Waals surface area contributed by atoms with E-state index in [1.807, 2.05) is 6.92 Å². The van der Waals surface area contributed by atoms with Crippen LogP contribution >= 0.6 is 0 Å². The summed E-state index contributed by atoms with van der Waals surface area (Å²) in [6.07, 6.45) is 6.32. The van der Waals surface area contributed by atoms with Gasteiger partial charge in [0.05, 0.1) is 18.4 Å². The van der Waals surface area contributed by atoms with Crippen LogP contribution in [0, 0.1) is 0 Å². The Morgan fingerprint density at radius 1 is 1.22 bits per heavy atom. The van der Waals surface area contributed by atoms with Crippen LogP contribution in [0.1, 0.15) is 35.9 Å². The molecule has 1 aromatic carbocycles. The van der Waals surface area contributed by atoms with Crippen LogP contribution in [0.3, 0.4) is 0 Å². The predicted octanol–water partition coefficient (Wildman–Crippen LogP) is 3.89. The lowest BCUT2D eigenvalue weighted by molar-refractivity contribution is -0.111. The summed E-state index contributed by atoms with van der Waals surface area (Å²) in [4.78, 5) is 23.5. The number of hydrogen-bond acceptors (Lipinski definition) is 4. The van der Waals surface area contributed by atoms with Crippen molar-refractivity contribution < 1.29 is 18.7 Å². The zero-order valence-corrected chi connectivity index (χ0v) is 13.0. The minimum absolute atomic E-state index is 0.278. The first-order valence-corrected chi connectivity index (χ1v) is 7.49. The summed E-state index contributed by atoms with van der Waals surface area (Å²) < 4.78 is 10.2. The Morgan fingerprint density at radius 2 is 2.00 bits per heavy atom. The van der Waals surface area contributed by atoms with Crippen molar-refractivity contribution in [1.82, 2.24) is 0 Å². The van der Waals surface area contributed by atoms with E-state index in [1.165, 1.54) is 12.3 Å². The molecule has 0 aliphatic carbocycles. The van der Waals surface area contributed by atoms with Crippen molar-refractivity contribution in [3.05, 3.63) is 60.1 Å². The summed E-state index contributed by atoms with van der Waals surface area (Å²) in [7, 11) is 0. The number of anilines is 1. The van der Waals surface area contributed by atoms with Crippen LogP contribution < -0.4 is 5.32 Å². The van der Waals surface area contributed by atoms with Gasteiger partial charge in [0.15, 0.2) is 0 Å². The molecular formula is C18H19NO4. The van der Waals surface area contributed by atoms with E-state index in [4.69, 9.17) is 9.15 Å². The van der Waals surface area contributed by atoms with Gasteiger partial charge < -0.3 is 14.5 Å². The van der Waals surface area contributed by atoms with Gasteiger partial charge in [-0.2, -0.15) is 0 Å². The first kappa shape index (κ1) is 16.5. The van der Waals surface area contributed by atoms with Crippen molar-refractivity contribution in [3.63, 3.8) is 0 Å². The van der Waals surface area contributed by atoms with E-state index in [1.54, 1.807) is 42.5 Å². The molecule has 5 heteroatoms. The number of hydrogen-bond donors (Lipinski definition) is 1. The molecule has 120 valence electrons. The zero-order valence-electron chi connectivity index (χ0n) is 13.0. The van der Waals surface area contributed by atoms with Crippen LogP contribution in [-0.4, -0.2) is 18.5 Å². The SMILES string of the molecule is CCCCOC(=O)c1ccc(NC(=O)C=Cc2ccco2)cc1. The van der Waals surface area contributed by atoms with Gasteiger partial charge in [-0.15, -0.1) is 0 Å². The number of benzene rings is 1. The Hall–Kier alpha value is -2.82. The molecule has 0 saturated heterocycles. The number of carbonyl (C=O) groups is 2. The molecular weight excluding hydrogens is 294 g/mol. The van der Waals surface area contributed by atoms with E-state index >= 15 is 0 Å². The van der Waals surface area contributed by atoms with Gasteiger partial charge in [0, 0.05) is 11.8 Å². The average molecular weight is 313 g/mol. The number of carbonyl (C=O) groups excluding carboxylic acids is 2. The maximum Gasteiger partial charge on any atom is 0.338 e. The highest BCUT2D eigenvalue weighted by Crippen LogP contribution is 2.11. The molecule has 0 aliphatic heterocycles. The van der Waals surface area contributed by atoms with E-state index < -0.39 is 0 Å². The van der Waals surface area contributed by atoms with Gasteiger partial charge in [0.1, 0.15) is 5.76 Å². The monoisotopic (exact) mass is 313 g/mol. The van der Waals surface area contributed by atoms with Crippen LogP contribution in [0.15, 0.2) is 53.2 Å². The lowest BCUT2D eigenvalue weighted by Crippen LogP contribution is -2.09. The molecule has 0 atom stereocenters. The number of ether oxygens (including phenoxy) is 1. The smallest absolute Gasteiger partial charge is 0.338 e. The molecule has 23 heavy (non-hydrogen) atoms. The van der Waals surface area contributed by atoms with E-state index in [9.17, 15) is 9.59 Å². The Labute approximate surface area is 134 Å². The molecule has 0 aliphatic rings. The highest BCUT2D eigenvalue weighted by Gasteiger charge is 2.07. The molecule has 0 fully saturated rings. The third-order valence-corrected chi connectivity index (χ3v) is 3.06.